The van der Waals surface area contributed by atoms with Crippen LogP contribution in [0, 0.1) is 0 Å². The maximum absolute atomic E-state index is 4.58. The second-order valence-corrected chi connectivity index (χ2v) is 0.500. The molecule has 0 aliphatic rings. The van der Waals surface area contributed by atoms with Gasteiger partial charge < -0.3 is 4.70 Å². The summed E-state index contributed by atoms with van der Waals surface area (Å²) in [4.78, 5) is 0. The fourth-order valence-electron chi connectivity index (χ4n) is 0. The SMILES string of the molecule is NC(N)=[NH2+].[F-]. The van der Waals surface area contributed by atoms with E-state index in [4.69, 9.17) is 0 Å². The Labute approximate surface area is 28.8 Å². The molecule has 0 aromatic heterocycles. The van der Waals surface area contributed by atoms with Gasteiger partial charge in [0.15, 0.2) is 0 Å². The zero-order valence-electron chi connectivity index (χ0n) is 2.61. The molecule has 0 saturated carbocycles. The first kappa shape index (κ1) is 8.89. The van der Waals surface area contributed by atoms with E-state index < -0.39 is 0 Å². The summed E-state index contributed by atoms with van der Waals surface area (Å²) < 4.78 is 0. The molecule has 0 heterocycles. The molecule has 6 N–H and O–H groups in total. The van der Waals surface area contributed by atoms with E-state index in [1.807, 2.05) is 0 Å². The maximum Gasteiger partial charge on any atom is 0.336 e. The van der Waals surface area contributed by atoms with Gasteiger partial charge in [-0.25, -0.2) is 0 Å². The van der Waals surface area contributed by atoms with E-state index in [0.29, 0.717) is 0 Å². The number of halogens is 1. The Hall–Kier alpha value is -0.800. The fraction of sp³-hybridized carbons (Fsp3) is 0. The van der Waals surface area contributed by atoms with E-state index in [-0.39, 0.29) is 10.7 Å². The van der Waals surface area contributed by atoms with Gasteiger partial charge in [0, 0.05) is 0 Å². The zero-order valence-corrected chi connectivity index (χ0v) is 2.61. The molecule has 0 aromatic carbocycles. The smallest absolute Gasteiger partial charge is 0.336 e. The van der Waals surface area contributed by atoms with E-state index in [1.54, 1.807) is 0 Å². The third kappa shape index (κ3) is 7.20. The van der Waals surface area contributed by atoms with E-state index >= 15 is 0 Å². The Morgan fingerprint density at radius 2 is 1.40 bits per heavy atom. The molecule has 0 amide bonds. The minimum absolute atomic E-state index is 0. The van der Waals surface area contributed by atoms with Crippen molar-refractivity contribution in [3.8, 4) is 0 Å². The highest BCUT2D eigenvalue weighted by Gasteiger charge is 1.64. The molecular weight excluding hydrogens is 73.0 g/mol. The molecule has 4 heteroatoms. The van der Waals surface area contributed by atoms with Crippen molar-refractivity contribution >= 4 is 5.96 Å². The predicted octanol–water partition coefficient (Wildman–Crippen LogP) is -5.98. The summed E-state index contributed by atoms with van der Waals surface area (Å²) in [7, 11) is 0. The lowest BCUT2D eigenvalue weighted by atomic mass is 11.1. The van der Waals surface area contributed by atoms with Gasteiger partial charge in [-0.15, -0.1) is 0 Å². The monoisotopic (exact) mass is 79.1 g/mol. The highest BCUT2D eigenvalue weighted by Crippen LogP contribution is 0.925. The molecule has 0 bridgehead atoms. The predicted molar refractivity (Wildman–Crippen MR) is 15.3 cm³/mol. The molecule has 0 spiro atoms. The first-order chi connectivity index (χ1) is 1.73. The molecule has 0 saturated heterocycles. The van der Waals surface area contributed by atoms with Crippen LogP contribution in [0.5, 0.6) is 0 Å². The molecule has 3 nitrogen and oxygen atoms in total. The van der Waals surface area contributed by atoms with Gasteiger partial charge in [0.1, 0.15) is 0 Å². The zero-order chi connectivity index (χ0) is 3.58. The van der Waals surface area contributed by atoms with E-state index in [1.165, 1.54) is 0 Å². The van der Waals surface area contributed by atoms with Gasteiger partial charge >= 0.3 is 5.96 Å². The van der Waals surface area contributed by atoms with Crippen molar-refractivity contribution in [1.29, 1.82) is 0 Å². The van der Waals surface area contributed by atoms with Crippen LogP contribution in [0.2, 0.25) is 0 Å². The van der Waals surface area contributed by atoms with Gasteiger partial charge in [-0.2, -0.15) is 0 Å². The highest BCUT2D eigenvalue weighted by atomic mass is 19.0. The minimum Gasteiger partial charge on any atom is -1.00 e. The molecule has 0 aromatic rings. The lowest BCUT2D eigenvalue weighted by Crippen LogP contribution is -3.00. The molecular formula is CH6FN3. The van der Waals surface area contributed by atoms with Gasteiger partial charge in [0.2, 0.25) is 0 Å². The summed E-state index contributed by atoms with van der Waals surface area (Å²) in [6, 6.07) is 0. The Balaban J connectivity index is 0. The first-order valence-corrected chi connectivity index (χ1v) is 0.866. The molecule has 5 heavy (non-hydrogen) atoms. The number of hydrogen-bond acceptors (Lipinski definition) is 0. The van der Waals surface area contributed by atoms with Crippen LogP contribution in [0.15, 0.2) is 0 Å². The van der Waals surface area contributed by atoms with Crippen LogP contribution in [0.4, 0.5) is 0 Å². The van der Waals surface area contributed by atoms with E-state index in [2.05, 4.69) is 16.9 Å². The normalized spacial score (nSPS) is 4.80. The number of guanidine groups is 1. The van der Waals surface area contributed by atoms with Gasteiger partial charge in [-0.1, -0.05) is 0 Å². The van der Waals surface area contributed by atoms with Crippen molar-refractivity contribution < 1.29 is 10.1 Å². The van der Waals surface area contributed by atoms with Crippen molar-refractivity contribution in [3.63, 3.8) is 0 Å². The summed E-state index contributed by atoms with van der Waals surface area (Å²) in [5.41, 5.74) is 9.17. The number of nitrogens with two attached hydrogens (primary N) is 3. The van der Waals surface area contributed by atoms with Crippen molar-refractivity contribution in [2.24, 2.45) is 11.5 Å². The van der Waals surface area contributed by atoms with Gasteiger partial charge in [0.05, 0.1) is 0 Å². The van der Waals surface area contributed by atoms with Gasteiger partial charge in [-0.3, -0.25) is 16.9 Å². The average Bonchev–Trinajstić information content (AvgIpc) is 0.811. The number of rotatable bonds is 0. The Kier molecular flexibility index (Phi) is 5.69. The number of hydrogen-bond donors (Lipinski definition) is 3. The quantitative estimate of drug-likeness (QED) is 0.200. The summed E-state index contributed by atoms with van der Waals surface area (Å²) >= 11 is 0. The maximum atomic E-state index is 4.58. The van der Waals surface area contributed by atoms with Crippen LogP contribution >= 0.6 is 0 Å². The molecule has 0 rings (SSSR count). The van der Waals surface area contributed by atoms with Crippen LogP contribution in [0.25, 0.3) is 0 Å². The van der Waals surface area contributed by atoms with Gasteiger partial charge in [0.25, 0.3) is 0 Å². The standard InChI is InChI=1S/CH5N3.FH/c2-1(3)4;/h(H5,2,3,4);1H. The molecule has 0 atom stereocenters. The highest BCUT2D eigenvalue weighted by molar-refractivity contribution is 5.68. The van der Waals surface area contributed by atoms with E-state index in [9.17, 15) is 0 Å². The first-order valence-electron chi connectivity index (χ1n) is 0.866. The van der Waals surface area contributed by atoms with Crippen molar-refractivity contribution in [2.45, 2.75) is 0 Å². The largest absolute Gasteiger partial charge is 1.00 e. The summed E-state index contributed by atoms with van der Waals surface area (Å²) in [6.45, 7) is 0. The Bertz CT molecular complexity index is 29.9. The third-order valence-corrected chi connectivity index (χ3v) is 0. The molecule has 0 aliphatic carbocycles. The van der Waals surface area contributed by atoms with Crippen LogP contribution in [-0.2, 0) is 0 Å². The topological polar surface area (TPSA) is 77.6 Å². The summed E-state index contributed by atoms with van der Waals surface area (Å²) in [5.74, 6) is -0.0833. The molecule has 0 unspecified atom stereocenters. The van der Waals surface area contributed by atoms with E-state index in [0.717, 1.165) is 0 Å². The lowest BCUT2D eigenvalue weighted by molar-refractivity contribution is -0.116. The third-order valence-electron chi connectivity index (χ3n) is 0. The van der Waals surface area contributed by atoms with Gasteiger partial charge in [-0.05, 0) is 0 Å². The van der Waals surface area contributed by atoms with Crippen molar-refractivity contribution in [1.82, 2.24) is 0 Å². The lowest BCUT2D eigenvalue weighted by Gasteiger charge is -1.59. The molecule has 0 aliphatic heterocycles. The summed E-state index contributed by atoms with van der Waals surface area (Å²) in [5, 5.41) is 4.58. The molecule has 0 radical (unpaired) electrons. The fourth-order valence-corrected chi connectivity index (χ4v) is 0. The van der Waals surface area contributed by atoms with Crippen LogP contribution in [-0.4, -0.2) is 5.96 Å². The van der Waals surface area contributed by atoms with Crippen LogP contribution < -0.4 is 21.6 Å². The molecule has 32 valence electrons. The Morgan fingerprint density at radius 1 is 1.40 bits per heavy atom. The second-order valence-electron chi connectivity index (χ2n) is 0.500. The van der Waals surface area contributed by atoms with Crippen molar-refractivity contribution in [3.05, 3.63) is 0 Å². The summed E-state index contributed by atoms with van der Waals surface area (Å²) in [6.07, 6.45) is 0. The van der Waals surface area contributed by atoms with Crippen molar-refractivity contribution in [2.75, 3.05) is 0 Å². The minimum atomic E-state index is -0.0833. The van der Waals surface area contributed by atoms with Crippen LogP contribution in [0.1, 0.15) is 0 Å². The average molecular weight is 79.1 g/mol. The Morgan fingerprint density at radius 3 is 1.40 bits per heavy atom. The molecule has 0 fully saturated rings. The van der Waals surface area contributed by atoms with Crippen LogP contribution in [0.3, 0.4) is 0 Å². The second kappa shape index (κ2) is 3.20.